The number of rotatable bonds is 5. The summed E-state index contributed by atoms with van der Waals surface area (Å²) in [5, 5.41) is 3.45. The van der Waals surface area contributed by atoms with E-state index in [0.717, 1.165) is 63.4 Å². The molecule has 5 rings (SSSR count). The lowest BCUT2D eigenvalue weighted by Gasteiger charge is -2.34. The van der Waals surface area contributed by atoms with Crippen molar-refractivity contribution in [2.45, 2.75) is 63.4 Å². The number of ether oxygens (including phenoxy) is 2. The minimum absolute atomic E-state index is 0.184. The van der Waals surface area contributed by atoms with Gasteiger partial charge in [0.15, 0.2) is 0 Å². The lowest BCUT2D eigenvalue weighted by molar-refractivity contribution is -0.131. The first-order valence-electron chi connectivity index (χ1n) is 11.8. The van der Waals surface area contributed by atoms with Gasteiger partial charge >= 0.3 is 0 Å². The molecule has 2 saturated heterocycles. The van der Waals surface area contributed by atoms with Gasteiger partial charge in [0.1, 0.15) is 0 Å². The largest absolute Gasteiger partial charge is 0.381 e. The third-order valence-electron chi connectivity index (χ3n) is 7.54. The van der Waals surface area contributed by atoms with Gasteiger partial charge in [0, 0.05) is 51.0 Å². The molecule has 0 aromatic carbocycles. The highest BCUT2D eigenvalue weighted by molar-refractivity contribution is 5.77. The van der Waals surface area contributed by atoms with Crippen LogP contribution in [0.4, 0.5) is 5.95 Å². The number of nitrogens with one attached hydrogen (secondary N) is 1. The summed E-state index contributed by atoms with van der Waals surface area (Å²) in [6, 6.07) is 0. The Morgan fingerprint density at radius 1 is 1.17 bits per heavy atom. The second kappa shape index (κ2) is 8.79. The van der Waals surface area contributed by atoms with E-state index in [1.807, 2.05) is 6.20 Å². The monoisotopic (exact) mass is 414 g/mol. The summed E-state index contributed by atoms with van der Waals surface area (Å²) >= 11 is 0. The zero-order valence-corrected chi connectivity index (χ0v) is 17.9. The van der Waals surface area contributed by atoms with Crippen LogP contribution in [-0.2, 0) is 26.3 Å². The normalized spacial score (nSPS) is 27.5. The first-order chi connectivity index (χ1) is 14.7. The number of carbonyl (C=O) groups is 1. The number of amides is 1. The van der Waals surface area contributed by atoms with E-state index in [1.54, 1.807) is 0 Å². The molecule has 7 heteroatoms. The maximum Gasteiger partial charge on any atom is 0.222 e. The molecule has 3 fully saturated rings. The Bertz CT molecular complexity index is 761. The fraction of sp³-hybridized carbons (Fsp3) is 0.783. The summed E-state index contributed by atoms with van der Waals surface area (Å²) in [5.41, 5.74) is 1.98. The van der Waals surface area contributed by atoms with Crippen molar-refractivity contribution < 1.29 is 14.3 Å². The Hall–Kier alpha value is -1.73. The lowest BCUT2D eigenvalue weighted by Crippen LogP contribution is -2.42. The lowest BCUT2D eigenvalue weighted by atomic mass is 9.80. The number of hydrogen-bond acceptors (Lipinski definition) is 6. The third-order valence-corrected chi connectivity index (χ3v) is 7.54. The SMILES string of the molecule is O=C(CC1CCCC1)N1CC[C@@]2(COCc3cnc(NCC4CCOCC4)nc32)C1. The van der Waals surface area contributed by atoms with E-state index in [1.165, 1.54) is 25.7 Å². The topological polar surface area (TPSA) is 76.6 Å². The summed E-state index contributed by atoms with van der Waals surface area (Å²) in [4.78, 5) is 24.5. The van der Waals surface area contributed by atoms with Gasteiger partial charge in [-0.25, -0.2) is 9.97 Å². The van der Waals surface area contributed by atoms with Crippen molar-refractivity contribution in [3.63, 3.8) is 0 Å². The van der Waals surface area contributed by atoms with Crippen LogP contribution >= 0.6 is 0 Å². The number of hydrogen-bond donors (Lipinski definition) is 1. The minimum atomic E-state index is -0.184. The van der Waals surface area contributed by atoms with E-state index in [2.05, 4.69) is 15.2 Å². The van der Waals surface area contributed by atoms with Gasteiger partial charge in [0.25, 0.3) is 0 Å². The number of likely N-dealkylation sites (tertiary alicyclic amines) is 1. The molecule has 1 atom stereocenters. The molecule has 1 aliphatic carbocycles. The van der Waals surface area contributed by atoms with Crippen LogP contribution in [0.5, 0.6) is 0 Å². The quantitative estimate of drug-likeness (QED) is 0.798. The molecule has 1 saturated carbocycles. The molecule has 1 aromatic heterocycles. The molecular formula is C23H34N4O3. The highest BCUT2D eigenvalue weighted by Crippen LogP contribution is 2.40. The Balaban J connectivity index is 1.27. The fourth-order valence-electron chi connectivity index (χ4n) is 5.65. The maximum absolute atomic E-state index is 12.9. The number of aromatic nitrogens is 2. The average molecular weight is 415 g/mol. The smallest absolute Gasteiger partial charge is 0.222 e. The van der Waals surface area contributed by atoms with E-state index >= 15 is 0 Å². The van der Waals surface area contributed by atoms with Gasteiger partial charge in [-0.15, -0.1) is 0 Å². The first kappa shape index (κ1) is 20.2. The molecule has 4 aliphatic rings. The second-order valence-electron chi connectivity index (χ2n) is 9.70. The van der Waals surface area contributed by atoms with E-state index in [4.69, 9.17) is 14.5 Å². The highest BCUT2D eigenvalue weighted by atomic mass is 16.5. The maximum atomic E-state index is 12.9. The van der Waals surface area contributed by atoms with E-state index in [-0.39, 0.29) is 5.41 Å². The minimum Gasteiger partial charge on any atom is -0.381 e. The Morgan fingerprint density at radius 2 is 2.00 bits per heavy atom. The number of nitrogens with zero attached hydrogens (tertiary/aromatic N) is 3. The fourth-order valence-corrected chi connectivity index (χ4v) is 5.65. The van der Waals surface area contributed by atoms with Crippen molar-refractivity contribution >= 4 is 11.9 Å². The molecular weight excluding hydrogens is 380 g/mol. The van der Waals surface area contributed by atoms with Crippen LogP contribution in [0.15, 0.2) is 6.20 Å². The van der Waals surface area contributed by atoms with Gasteiger partial charge in [-0.3, -0.25) is 4.79 Å². The van der Waals surface area contributed by atoms with Crippen LogP contribution in [0, 0.1) is 11.8 Å². The molecule has 4 heterocycles. The molecule has 1 spiro atoms. The molecule has 7 nitrogen and oxygen atoms in total. The van der Waals surface area contributed by atoms with Crippen LogP contribution in [0.2, 0.25) is 0 Å². The van der Waals surface area contributed by atoms with Crippen molar-refractivity contribution in [2.24, 2.45) is 11.8 Å². The molecule has 30 heavy (non-hydrogen) atoms. The zero-order chi connectivity index (χ0) is 20.4. The molecule has 3 aliphatic heterocycles. The van der Waals surface area contributed by atoms with Gasteiger partial charge in [0.05, 0.1) is 24.3 Å². The summed E-state index contributed by atoms with van der Waals surface area (Å²) in [5.74, 6) is 2.23. The van der Waals surface area contributed by atoms with Gasteiger partial charge < -0.3 is 19.7 Å². The predicted octanol–water partition coefficient (Wildman–Crippen LogP) is 2.90. The molecule has 1 N–H and O–H groups in total. The predicted molar refractivity (Wildman–Crippen MR) is 113 cm³/mol. The van der Waals surface area contributed by atoms with Gasteiger partial charge in [-0.2, -0.15) is 0 Å². The average Bonchev–Trinajstić information content (AvgIpc) is 3.44. The first-order valence-corrected chi connectivity index (χ1v) is 11.8. The Labute approximate surface area is 178 Å². The second-order valence-corrected chi connectivity index (χ2v) is 9.70. The van der Waals surface area contributed by atoms with Crippen LogP contribution in [0.3, 0.4) is 0 Å². The third kappa shape index (κ3) is 4.19. The van der Waals surface area contributed by atoms with Crippen LogP contribution in [-0.4, -0.2) is 60.2 Å². The van der Waals surface area contributed by atoms with Crippen LogP contribution in [0.25, 0.3) is 0 Å². The van der Waals surface area contributed by atoms with E-state index in [9.17, 15) is 4.79 Å². The Kier molecular flexibility index (Phi) is 5.92. The summed E-state index contributed by atoms with van der Waals surface area (Å²) in [6.45, 7) is 5.32. The Morgan fingerprint density at radius 3 is 2.83 bits per heavy atom. The van der Waals surface area contributed by atoms with Crippen molar-refractivity contribution in [2.75, 3.05) is 44.8 Å². The van der Waals surface area contributed by atoms with Gasteiger partial charge in [-0.05, 0) is 43.9 Å². The number of fused-ring (bicyclic) bond motifs is 2. The summed E-state index contributed by atoms with van der Waals surface area (Å²) in [7, 11) is 0. The standard InChI is InChI=1S/C23H34N4O3/c28-20(11-17-3-1-2-4-17)27-8-7-23(15-27)16-30-14-19-13-25-22(26-21(19)23)24-12-18-5-9-29-10-6-18/h13,17-18H,1-12,14-16H2,(H,24,25,26)/t23-/m0/s1. The van der Waals surface area contributed by atoms with Crippen molar-refractivity contribution in [3.05, 3.63) is 17.5 Å². The van der Waals surface area contributed by atoms with Crippen LogP contribution in [0.1, 0.15) is 62.6 Å². The summed E-state index contributed by atoms with van der Waals surface area (Å²) in [6.07, 6.45) is 10.7. The van der Waals surface area contributed by atoms with E-state index < -0.39 is 0 Å². The molecule has 0 bridgehead atoms. The van der Waals surface area contributed by atoms with Crippen molar-refractivity contribution in [1.82, 2.24) is 14.9 Å². The molecule has 0 unspecified atom stereocenters. The van der Waals surface area contributed by atoms with Crippen molar-refractivity contribution in [3.8, 4) is 0 Å². The summed E-state index contributed by atoms with van der Waals surface area (Å²) < 4.78 is 11.4. The number of anilines is 1. The number of carbonyl (C=O) groups excluding carboxylic acids is 1. The molecule has 1 amide bonds. The molecule has 164 valence electrons. The zero-order valence-electron chi connectivity index (χ0n) is 17.9. The van der Waals surface area contributed by atoms with E-state index in [0.29, 0.717) is 43.3 Å². The molecule has 0 radical (unpaired) electrons. The van der Waals surface area contributed by atoms with Gasteiger partial charge in [0.2, 0.25) is 11.9 Å². The van der Waals surface area contributed by atoms with Gasteiger partial charge in [-0.1, -0.05) is 12.8 Å². The highest BCUT2D eigenvalue weighted by Gasteiger charge is 2.46. The van der Waals surface area contributed by atoms with Crippen molar-refractivity contribution in [1.29, 1.82) is 0 Å². The van der Waals surface area contributed by atoms with Crippen LogP contribution < -0.4 is 5.32 Å². The molecule has 1 aromatic rings.